The number of benzene rings is 4. The Hall–Kier alpha value is -5.54. The number of aliphatic hydroxyl groups is 1. The molecule has 1 spiro atoms. The van der Waals surface area contributed by atoms with Gasteiger partial charge in [-0.1, -0.05) is 43.3 Å². The summed E-state index contributed by atoms with van der Waals surface area (Å²) in [4.78, 5) is 71.4. The van der Waals surface area contributed by atoms with Crippen molar-refractivity contribution in [2.75, 3.05) is 18.1 Å². The first-order valence-corrected chi connectivity index (χ1v) is 22.2. The molecule has 0 unspecified atom stereocenters. The van der Waals surface area contributed by atoms with Gasteiger partial charge in [0.25, 0.3) is 17.0 Å². The van der Waals surface area contributed by atoms with Crippen LogP contribution in [0.3, 0.4) is 0 Å². The molecule has 0 bridgehead atoms. The quantitative estimate of drug-likeness (QED) is 0.163. The Morgan fingerprint density at radius 3 is 2.14 bits per heavy atom. The molecule has 5 atom stereocenters. The van der Waals surface area contributed by atoms with Gasteiger partial charge in [0.1, 0.15) is 0 Å². The van der Waals surface area contributed by atoms with Crippen molar-refractivity contribution in [3.8, 4) is 11.4 Å². The second-order valence-electron chi connectivity index (χ2n) is 16.0. The molecule has 2 aromatic heterocycles. The smallest absolute Gasteiger partial charge is 0.279 e. The third-order valence-corrected chi connectivity index (χ3v) is 14.7. The van der Waals surface area contributed by atoms with Crippen LogP contribution in [0.25, 0.3) is 33.2 Å². The SMILES string of the molecule is C[C@@H]1[C@@H]([Si](C)(C)O)[C@H](CC(=O)N2CCC[C@H]2CO)O[C@@]12C(=O)N(Cc1cccc(-n3[nH]c4ccccc4c3=O)c1)c1ccc(-n3[nH]c4ccccc4c3=O)cc12. The molecule has 4 aromatic carbocycles. The monoisotopic (exact) mass is 772 g/mol. The molecule has 14 heteroatoms. The highest BCUT2D eigenvalue weighted by Crippen LogP contribution is 2.60. The number of hydrogen-bond donors (Lipinski definition) is 4. The van der Waals surface area contributed by atoms with E-state index in [-0.39, 0.29) is 48.5 Å². The number of likely N-dealkylation sites (tertiary alicyclic amines) is 1. The summed E-state index contributed by atoms with van der Waals surface area (Å²) >= 11 is 0. The zero-order chi connectivity index (χ0) is 39.1. The van der Waals surface area contributed by atoms with E-state index in [1.807, 2.05) is 86.7 Å². The van der Waals surface area contributed by atoms with Crippen molar-refractivity contribution in [3.63, 3.8) is 0 Å². The number of hydrogen-bond acceptors (Lipinski definition) is 7. The molecule has 6 aromatic rings. The van der Waals surface area contributed by atoms with Crippen LogP contribution in [0.5, 0.6) is 0 Å². The lowest BCUT2D eigenvalue weighted by atomic mass is 9.82. The molecule has 4 N–H and O–H groups in total. The van der Waals surface area contributed by atoms with Crippen molar-refractivity contribution in [2.45, 2.75) is 69.1 Å². The van der Waals surface area contributed by atoms with Crippen molar-refractivity contribution in [2.24, 2.45) is 5.92 Å². The Kier molecular flexibility index (Phi) is 8.57. The zero-order valence-electron chi connectivity index (χ0n) is 31.4. The number of nitrogens with zero attached hydrogens (tertiary/aromatic N) is 4. The lowest BCUT2D eigenvalue weighted by molar-refractivity contribution is -0.150. The highest BCUT2D eigenvalue weighted by atomic mass is 28.4. The van der Waals surface area contributed by atoms with E-state index in [0.29, 0.717) is 57.4 Å². The largest absolute Gasteiger partial charge is 0.432 e. The van der Waals surface area contributed by atoms with E-state index < -0.39 is 31.5 Å². The van der Waals surface area contributed by atoms with Gasteiger partial charge in [0, 0.05) is 23.6 Å². The number of rotatable bonds is 8. The molecule has 2 fully saturated rings. The van der Waals surface area contributed by atoms with E-state index in [4.69, 9.17) is 4.74 Å². The lowest BCUT2D eigenvalue weighted by Gasteiger charge is -2.33. The van der Waals surface area contributed by atoms with Gasteiger partial charge in [0.2, 0.25) is 5.91 Å². The minimum atomic E-state index is -3.11. The summed E-state index contributed by atoms with van der Waals surface area (Å²) in [6.07, 6.45) is 0.678. The van der Waals surface area contributed by atoms with Gasteiger partial charge < -0.3 is 24.4 Å². The van der Waals surface area contributed by atoms with Crippen molar-refractivity contribution in [1.29, 1.82) is 0 Å². The van der Waals surface area contributed by atoms with Crippen LogP contribution in [-0.4, -0.2) is 79.8 Å². The Balaban J connectivity index is 1.15. The average molecular weight is 773 g/mol. The number of nitrogens with one attached hydrogen (secondary N) is 2. The van der Waals surface area contributed by atoms with E-state index >= 15 is 4.79 Å². The summed E-state index contributed by atoms with van der Waals surface area (Å²) in [7, 11) is -3.11. The molecular formula is C42H44N6O7Si. The third kappa shape index (κ3) is 5.53. The van der Waals surface area contributed by atoms with Crippen molar-refractivity contribution >= 4 is 47.6 Å². The molecule has 56 heavy (non-hydrogen) atoms. The number of carbonyl (C=O) groups excluding carboxylic acids is 2. The maximum Gasteiger partial charge on any atom is 0.279 e. The molecule has 3 aliphatic rings. The van der Waals surface area contributed by atoms with Crippen molar-refractivity contribution < 1.29 is 24.2 Å². The topological polar surface area (TPSA) is 166 Å². The number of anilines is 1. The van der Waals surface area contributed by atoms with Gasteiger partial charge in [-0.2, -0.15) is 0 Å². The van der Waals surface area contributed by atoms with Gasteiger partial charge >= 0.3 is 0 Å². The fraction of sp³-hybridized carbons (Fsp3) is 0.333. The zero-order valence-corrected chi connectivity index (χ0v) is 32.4. The minimum Gasteiger partial charge on any atom is -0.432 e. The molecule has 2 amide bonds. The van der Waals surface area contributed by atoms with E-state index in [0.717, 1.165) is 12.0 Å². The van der Waals surface area contributed by atoms with Gasteiger partial charge in [-0.15, -0.1) is 0 Å². The highest BCUT2D eigenvalue weighted by molar-refractivity contribution is 6.71. The number of amides is 2. The minimum absolute atomic E-state index is 0.0463. The van der Waals surface area contributed by atoms with Crippen LogP contribution >= 0.6 is 0 Å². The summed E-state index contributed by atoms with van der Waals surface area (Å²) in [5.41, 5.74) is 1.87. The normalized spacial score (nSPS) is 23.6. The molecule has 2 saturated heterocycles. The number of fused-ring (bicyclic) bond motifs is 4. The molecule has 5 heterocycles. The average Bonchev–Trinajstić information content (AvgIpc) is 3.99. The Morgan fingerprint density at radius 2 is 1.52 bits per heavy atom. The molecule has 3 aliphatic heterocycles. The predicted octanol–water partition coefficient (Wildman–Crippen LogP) is 4.67. The summed E-state index contributed by atoms with van der Waals surface area (Å²) in [5.74, 6) is -1.06. The van der Waals surface area contributed by atoms with Crippen LogP contribution in [0, 0.1) is 5.92 Å². The second-order valence-corrected chi connectivity index (χ2v) is 20.0. The maximum atomic E-state index is 15.3. The lowest BCUT2D eigenvalue weighted by Crippen LogP contribution is -2.46. The number of H-pyrrole nitrogens is 2. The second kappa shape index (κ2) is 13.3. The standard InChI is InChI=1S/C42H44N6O7Si/c1-25-38(56(2,3)54)36(22-37(50)45-19-9-12-29(45)24-49)55-42(25)32-21-28(48-40(52)31-14-5-7-16-34(31)44-48)17-18-35(32)46(41(42)53)23-26-10-8-11-27(20-26)47-39(51)30-13-4-6-15-33(30)43-47/h4-8,10-11,13-18,20-21,25,29,36,38,43-44,49,54H,9,12,19,22-24H2,1-3H3/t25-,29+,36+,38-,42+/m1/s1. The molecule has 0 saturated carbocycles. The van der Waals surface area contributed by atoms with E-state index in [9.17, 15) is 24.3 Å². The van der Waals surface area contributed by atoms with E-state index in [1.54, 1.807) is 34.1 Å². The molecule has 0 radical (unpaired) electrons. The van der Waals surface area contributed by atoms with Crippen LogP contribution < -0.4 is 16.0 Å². The van der Waals surface area contributed by atoms with Crippen LogP contribution in [0.1, 0.15) is 37.3 Å². The highest BCUT2D eigenvalue weighted by Gasteiger charge is 2.66. The van der Waals surface area contributed by atoms with Crippen LogP contribution in [0.4, 0.5) is 5.69 Å². The predicted molar refractivity (Wildman–Crippen MR) is 215 cm³/mol. The van der Waals surface area contributed by atoms with E-state index in [2.05, 4.69) is 10.2 Å². The summed E-state index contributed by atoms with van der Waals surface area (Å²) in [5, 5.41) is 17.5. The fourth-order valence-corrected chi connectivity index (χ4v) is 12.2. The molecule has 288 valence electrons. The number of carbonyl (C=O) groups is 2. The van der Waals surface area contributed by atoms with Crippen molar-refractivity contribution in [1.82, 2.24) is 24.5 Å². The summed E-state index contributed by atoms with van der Waals surface area (Å²) in [6.45, 7) is 6.09. The molecule has 9 rings (SSSR count). The summed E-state index contributed by atoms with van der Waals surface area (Å²) in [6, 6.07) is 27.1. The first kappa shape index (κ1) is 36.1. The van der Waals surface area contributed by atoms with Gasteiger partial charge in [-0.25, -0.2) is 9.36 Å². The Labute approximate surface area is 322 Å². The number of aliphatic hydroxyl groups excluding tert-OH is 1. The fourth-order valence-electron chi connectivity index (χ4n) is 9.66. The molecule has 0 aliphatic carbocycles. The Morgan fingerprint density at radius 1 is 0.875 bits per heavy atom. The number of aromatic nitrogens is 4. The van der Waals surface area contributed by atoms with E-state index in [1.165, 1.54) is 9.36 Å². The molecule has 13 nitrogen and oxygen atoms in total. The molecular weight excluding hydrogens is 729 g/mol. The van der Waals surface area contributed by atoms with Gasteiger partial charge in [-0.3, -0.25) is 29.4 Å². The van der Waals surface area contributed by atoms with Gasteiger partial charge in [0.05, 0.1) is 70.6 Å². The first-order chi connectivity index (χ1) is 26.9. The van der Waals surface area contributed by atoms with Crippen LogP contribution in [0.15, 0.2) is 101 Å². The van der Waals surface area contributed by atoms with Crippen LogP contribution in [0.2, 0.25) is 18.6 Å². The third-order valence-electron chi connectivity index (χ3n) is 12.2. The number of ether oxygens (including phenoxy) is 1. The number of para-hydroxylation sites is 2. The van der Waals surface area contributed by atoms with Gasteiger partial charge in [-0.05, 0) is 86.1 Å². The number of aromatic amines is 2. The first-order valence-electron chi connectivity index (χ1n) is 19.2. The van der Waals surface area contributed by atoms with Crippen LogP contribution in [-0.2, 0) is 26.5 Å². The maximum absolute atomic E-state index is 15.3. The Bertz CT molecular complexity index is 2660. The summed E-state index contributed by atoms with van der Waals surface area (Å²) < 4.78 is 9.96. The van der Waals surface area contributed by atoms with Gasteiger partial charge in [0.15, 0.2) is 13.9 Å². The van der Waals surface area contributed by atoms with Crippen molar-refractivity contribution in [3.05, 3.63) is 123 Å².